The summed E-state index contributed by atoms with van der Waals surface area (Å²) in [5, 5.41) is 0. The van der Waals surface area contributed by atoms with Crippen molar-refractivity contribution in [2.24, 2.45) is 0 Å². The molecule has 1 aromatic carbocycles. The van der Waals surface area contributed by atoms with E-state index in [4.69, 9.17) is 4.74 Å². The van der Waals surface area contributed by atoms with Gasteiger partial charge in [-0.05, 0) is 26.0 Å². The van der Waals surface area contributed by atoms with Crippen LogP contribution in [0.2, 0.25) is 0 Å². The molecule has 1 aliphatic rings. The number of benzene rings is 1. The molecule has 0 N–H and O–H groups in total. The van der Waals surface area contributed by atoms with Gasteiger partial charge >= 0.3 is 0 Å². The van der Waals surface area contributed by atoms with Gasteiger partial charge in [-0.15, -0.1) is 0 Å². The molecule has 4 nitrogen and oxygen atoms in total. The molecule has 0 unspecified atom stereocenters. The minimum absolute atomic E-state index is 0.110. The van der Waals surface area contributed by atoms with Crippen molar-refractivity contribution in [2.45, 2.75) is 19.4 Å². The highest BCUT2D eigenvalue weighted by atomic mass is 16.5. The Kier molecular flexibility index (Phi) is 1.61. The second kappa shape index (κ2) is 2.78. The lowest BCUT2D eigenvalue weighted by Gasteiger charge is -2.13. The number of Topliss-reactive ketones (excluding diaryl/α,β-unsaturated/α-hetero) is 1. The number of fused-ring (bicyclic) bond motifs is 2. The highest BCUT2D eigenvalue weighted by Crippen LogP contribution is 2.32. The van der Waals surface area contributed by atoms with Crippen LogP contribution in [0.25, 0.3) is 11.0 Å². The zero-order valence-corrected chi connectivity index (χ0v) is 9.02. The molecule has 0 saturated carbocycles. The van der Waals surface area contributed by atoms with E-state index in [-0.39, 0.29) is 5.78 Å². The van der Waals surface area contributed by atoms with Crippen molar-refractivity contribution >= 4 is 16.8 Å². The summed E-state index contributed by atoms with van der Waals surface area (Å²) in [5.41, 5.74) is 0.950. The van der Waals surface area contributed by atoms with Crippen LogP contribution in [0.15, 0.2) is 24.3 Å². The number of hydrogen-bond acceptors (Lipinski definition) is 4. The van der Waals surface area contributed by atoms with E-state index in [0.29, 0.717) is 11.6 Å². The van der Waals surface area contributed by atoms with Gasteiger partial charge in [0, 0.05) is 0 Å². The Hall–Kier alpha value is -1.97. The first-order valence-corrected chi connectivity index (χ1v) is 5.08. The van der Waals surface area contributed by atoms with E-state index in [1.807, 2.05) is 24.3 Å². The van der Waals surface area contributed by atoms with Crippen LogP contribution in [0.3, 0.4) is 0 Å². The Morgan fingerprint density at radius 2 is 1.75 bits per heavy atom. The first-order valence-electron chi connectivity index (χ1n) is 5.08. The molecular formula is C12H10N2O2. The zero-order chi connectivity index (χ0) is 11.3. The normalized spacial score (nSPS) is 17.2. The van der Waals surface area contributed by atoms with Crippen LogP contribution in [-0.4, -0.2) is 21.4 Å². The Morgan fingerprint density at radius 1 is 1.12 bits per heavy atom. The van der Waals surface area contributed by atoms with Crippen LogP contribution < -0.4 is 4.74 Å². The van der Waals surface area contributed by atoms with E-state index in [2.05, 4.69) is 9.97 Å². The van der Waals surface area contributed by atoms with Gasteiger partial charge in [0.2, 0.25) is 11.7 Å². The molecule has 16 heavy (non-hydrogen) atoms. The third-order valence-electron chi connectivity index (χ3n) is 2.65. The maximum absolute atomic E-state index is 11.9. The standard InChI is InChI=1S/C12H10N2O2/c1-12(2)10(15)9-11(16-12)14-8-6-4-3-5-7(8)13-9/h3-6H,1-2H3. The third kappa shape index (κ3) is 1.13. The molecule has 0 saturated heterocycles. The second-order valence-corrected chi connectivity index (χ2v) is 4.31. The number of hydrogen-bond donors (Lipinski definition) is 0. The minimum Gasteiger partial charge on any atom is -0.462 e. The molecule has 0 amide bonds. The van der Waals surface area contributed by atoms with Crippen molar-refractivity contribution in [2.75, 3.05) is 0 Å². The molecule has 0 aliphatic carbocycles. The van der Waals surface area contributed by atoms with Crippen LogP contribution in [0, 0.1) is 0 Å². The number of nitrogens with zero attached hydrogens (tertiary/aromatic N) is 2. The number of carbonyl (C=O) groups excluding carboxylic acids is 1. The average Bonchev–Trinajstić information content (AvgIpc) is 2.47. The van der Waals surface area contributed by atoms with Crippen molar-refractivity contribution in [3.8, 4) is 5.88 Å². The van der Waals surface area contributed by atoms with E-state index < -0.39 is 5.60 Å². The molecule has 0 radical (unpaired) electrons. The fourth-order valence-electron chi connectivity index (χ4n) is 1.78. The Morgan fingerprint density at radius 3 is 2.44 bits per heavy atom. The smallest absolute Gasteiger partial charge is 0.245 e. The molecule has 0 spiro atoms. The lowest BCUT2D eigenvalue weighted by molar-refractivity contribution is 0.0674. The molecule has 2 heterocycles. The van der Waals surface area contributed by atoms with E-state index in [0.717, 1.165) is 11.0 Å². The van der Waals surface area contributed by atoms with Gasteiger partial charge in [-0.1, -0.05) is 12.1 Å². The molecule has 3 rings (SSSR count). The highest BCUT2D eigenvalue weighted by molar-refractivity contribution is 6.05. The van der Waals surface area contributed by atoms with Crippen LogP contribution in [0.5, 0.6) is 5.88 Å². The van der Waals surface area contributed by atoms with Gasteiger partial charge in [-0.3, -0.25) is 4.79 Å². The highest BCUT2D eigenvalue weighted by Gasteiger charge is 2.42. The van der Waals surface area contributed by atoms with Crippen LogP contribution >= 0.6 is 0 Å². The van der Waals surface area contributed by atoms with E-state index >= 15 is 0 Å². The molecule has 2 aromatic rings. The summed E-state index contributed by atoms with van der Waals surface area (Å²) in [4.78, 5) is 20.5. The average molecular weight is 214 g/mol. The quantitative estimate of drug-likeness (QED) is 0.672. The molecule has 80 valence electrons. The summed E-state index contributed by atoms with van der Waals surface area (Å²) in [7, 11) is 0. The van der Waals surface area contributed by atoms with E-state index in [1.54, 1.807) is 13.8 Å². The summed E-state index contributed by atoms with van der Waals surface area (Å²) < 4.78 is 5.49. The molecule has 0 bridgehead atoms. The number of aromatic nitrogens is 2. The summed E-state index contributed by atoms with van der Waals surface area (Å²) in [6.45, 7) is 3.45. The lowest BCUT2D eigenvalue weighted by atomic mass is 10.0. The van der Waals surface area contributed by atoms with Crippen LogP contribution in [0.4, 0.5) is 0 Å². The van der Waals surface area contributed by atoms with Gasteiger partial charge in [0.05, 0.1) is 11.0 Å². The monoisotopic (exact) mass is 214 g/mol. The maximum Gasteiger partial charge on any atom is 0.245 e. The van der Waals surface area contributed by atoms with Crippen molar-refractivity contribution in [1.29, 1.82) is 0 Å². The summed E-state index contributed by atoms with van der Waals surface area (Å²) in [6.07, 6.45) is 0. The zero-order valence-electron chi connectivity index (χ0n) is 9.02. The largest absolute Gasteiger partial charge is 0.462 e. The molecule has 1 aromatic heterocycles. The Labute approximate surface area is 92.3 Å². The fraction of sp³-hybridized carbons (Fsp3) is 0.250. The summed E-state index contributed by atoms with van der Waals surface area (Å²) in [5.74, 6) is 0.231. The number of ketones is 1. The number of ether oxygens (including phenoxy) is 1. The van der Waals surface area contributed by atoms with Gasteiger partial charge in [0.15, 0.2) is 11.3 Å². The second-order valence-electron chi connectivity index (χ2n) is 4.31. The first-order chi connectivity index (χ1) is 7.58. The topological polar surface area (TPSA) is 52.1 Å². The van der Waals surface area contributed by atoms with Gasteiger partial charge in [-0.2, -0.15) is 0 Å². The molecule has 1 aliphatic heterocycles. The van der Waals surface area contributed by atoms with Crippen molar-refractivity contribution in [3.05, 3.63) is 30.0 Å². The predicted octanol–water partition coefficient (Wildman–Crippen LogP) is 1.98. The van der Waals surface area contributed by atoms with Crippen molar-refractivity contribution in [3.63, 3.8) is 0 Å². The molecule has 4 heteroatoms. The third-order valence-corrected chi connectivity index (χ3v) is 2.65. The number of para-hydroxylation sites is 2. The first kappa shape index (κ1) is 9.27. The van der Waals surface area contributed by atoms with E-state index in [1.165, 1.54) is 0 Å². The predicted molar refractivity (Wildman–Crippen MR) is 58.6 cm³/mol. The lowest BCUT2D eigenvalue weighted by Crippen LogP contribution is -2.32. The van der Waals surface area contributed by atoms with Gasteiger partial charge < -0.3 is 4.74 Å². The number of carbonyl (C=O) groups is 1. The Balaban J connectivity index is 2.30. The van der Waals surface area contributed by atoms with Crippen LogP contribution in [0.1, 0.15) is 24.3 Å². The van der Waals surface area contributed by atoms with Crippen molar-refractivity contribution in [1.82, 2.24) is 9.97 Å². The number of rotatable bonds is 0. The van der Waals surface area contributed by atoms with Gasteiger partial charge in [-0.25, -0.2) is 9.97 Å². The van der Waals surface area contributed by atoms with E-state index in [9.17, 15) is 4.79 Å². The van der Waals surface area contributed by atoms with Gasteiger partial charge in [0.25, 0.3) is 0 Å². The molecule has 0 atom stereocenters. The minimum atomic E-state index is -0.848. The summed E-state index contributed by atoms with van der Waals surface area (Å²) in [6, 6.07) is 7.43. The van der Waals surface area contributed by atoms with Crippen LogP contribution in [-0.2, 0) is 0 Å². The fourth-order valence-corrected chi connectivity index (χ4v) is 1.78. The SMILES string of the molecule is CC1(C)Oc2nc3ccccc3nc2C1=O. The maximum atomic E-state index is 11.9. The van der Waals surface area contributed by atoms with Crippen molar-refractivity contribution < 1.29 is 9.53 Å². The Bertz CT molecular complexity index is 605. The summed E-state index contributed by atoms with van der Waals surface area (Å²) >= 11 is 0. The molecular weight excluding hydrogens is 204 g/mol. The van der Waals surface area contributed by atoms with Gasteiger partial charge in [0.1, 0.15) is 0 Å². The molecule has 0 fully saturated rings.